The summed E-state index contributed by atoms with van der Waals surface area (Å²) in [6, 6.07) is 7.95. The molecule has 1 unspecified atom stereocenters. The number of Topliss-reactive ketones (excluding diaryl/α,β-unsaturated/α-hetero) is 1. The molecule has 1 N–H and O–H groups in total. The van der Waals surface area contributed by atoms with Gasteiger partial charge in [0.1, 0.15) is 11.5 Å². The molecule has 1 aliphatic rings. The highest BCUT2D eigenvalue weighted by Gasteiger charge is 2.28. The summed E-state index contributed by atoms with van der Waals surface area (Å²) in [4.78, 5) is 11.2. The minimum atomic E-state index is -0.00268. The predicted molar refractivity (Wildman–Crippen MR) is 65.8 cm³/mol. The van der Waals surface area contributed by atoms with E-state index in [0.717, 1.165) is 11.5 Å². The minimum absolute atomic E-state index is 0.00268. The Morgan fingerprint density at radius 1 is 1.44 bits per heavy atom. The molecular weight excluding hydrogens is 222 g/mol. The number of hydrogen-bond donors (Lipinski definition) is 1. The molecule has 0 aromatic heterocycles. The van der Waals surface area contributed by atoms with Crippen LogP contribution in [0.2, 0.25) is 0 Å². The molecule has 2 atom stereocenters. The van der Waals surface area contributed by atoms with Gasteiger partial charge in [0.15, 0.2) is 0 Å². The average Bonchev–Trinajstić information content (AvgIpc) is 2.78. The lowest BCUT2D eigenvalue weighted by molar-refractivity contribution is -0.118. The fraction of sp³-hybridized carbons (Fsp3) is 0.417. The summed E-state index contributed by atoms with van der Waals surface area (Å²) < 4.78 is 5.11. The summed E-state index contributed by atoms with van der Waals surface area (Å²) in [7, 11) is 1.66. The van der Waals surface area contributed by atoms with Crippen molar-refractivity contribution < 1.29 is 9.53 Å². The third kappa shape index (κ3) is 2.39. The SMILES string of the molecule is COc1ccc(C2N[C@H](C(C)=O)CS2)cc1. The Bertz CT molecular complexity index is 377. The van der Waals surface area contributed by atoms with Gasteiger partial charge < -0.3 is 4.74 Å². The van der Waals surface area contributed by atoms with Gasteiger partial charge in [0, 0.05) is 5.75 Å². The number of carbonyl (C=O) groups excluding carboxylic acids is 1. The lowest BCUT2D eigenvalue weighted by atomic mass is 10.2. The van der Waals surface area contributed by atoms with E-state index in [0.29, 0.717) is 0 Å². The van der Waals surface area contributed by atoms with Gasteiger partial charge in [0.05, 0.1) is 18.5 Å². The smallest absolute Gasteiger partial charge is 0.147 e. The predicted octanol–water partition coefficient (Wildman–Crippen LogP) is 1.99. The largest absolute Gasteiger partial charge is 0.497 e. The maximum absolute atomic E-state index is 11.2. The van der Waals surface area contributed by atoms with Crippen molar-refractivity contribution in [1.29, 1.82) is 0 Å². The second kappa shape index (κ2) is 4.89. The third-order valence-electron chi connectivity index (χ3n) is 2.69. The Morgan fingerprint density at radius 3 is 2.62 bits per heavy atom. The number of ketones is 1. The zero-order valence-electron chi connectivity index (χ0n) is 9.40. The Morgan fingerprint density at radius 2 is 2.12 bits per heavy atom. The van der Waals surface area contributed by atoms with Crippen LogP contribution in [0.25, 0.3) is 0 Å². The summed E-state index contributed by atoms with van der Waals surface area (Å²) in [5.41, 5.74) is 1.19. The Labute approximate surface area is 99.6 Å². The molecule has 1 aromatic carbocycles. The van der Waals surface area contributed by atoms with Crippen LogP contribution in [-0.4, -0.2) is 24.7 Å². The summed E-state index contributed by atoms with van der Waals surface area (Å²) in [5, 5.41) is 3.54. The van der Waals surface area contributed by atoms with E-state index < -0.39 is 0 Å². The molecular formula is C12H15NO2S. The van der Waals surface area contributed by atoms with Crippen LogP contribution in [0.15, 0.2) is 24.3 Å². The monoisotopic (exact) mass is 237 g/mol. The number of carbonyl (C=O) groups is 1. The summed E-state index contributed by atoms with van der Waals surface area (Å²) in [5.74, 6) is 1.92. The van der Waals surface area contributed by atoms with Crippen molar-refractivity contribution in [2.45, 2.75) is 18.3 Å². The molecule has 3 nitrogen and oxygen atoms in total. The minimum Gasteiger partial charge on any atom is -0.497 e. The fourth-order valence-electron chi connectivity index (χ4n) is 1.68. The van der Waals surface area contributed by atoms with E-state index in [9.17, 15) is 4.79 Å². The quantitative estimate of drug-likeness (QED) is 0.872. The number of benzene rings is 1. The lowest BCUT2D eigenvalue weighted by Crippen LogP contribution is -2.32. The van der Waals surface area contributed by atoms with E-state index in [-0.39, 0.29) is 17.2 Å². The summed E-state index contributed by atoms with van der Waals surface area (Å²) in [6.07, 6.45) is 0. The number of hydrogen-bond acceptors (Lipinski definition) is 4. The summed E-state index contributed by atoms with van der Waals surface area (Å²) in [6.45, 7) is 1.63. The highest BCUT2D eigenvalue weighted by Crippen LogP contribution is 2.33. The third-order valence-corrected chi connectivity index (χ3v) is 3.96. The highest BCUT2D eigenvalue weighted by molar-refractivity contribution is 7.99. The van der Waals surface area contributed by atoms with Gasteiger partial charge in [-0.2, -0.15) is 0 Å². The van der Waals surface area contributed by atoms with Crippen molar-refractivity contribution in [3.63, 3.8) is 0 Å². The number of thioether (sulfide) groups is 1. The van der Waals surface area contributed by atoms with Gasteiger partial charge >= 0.3 is 0 Å². The number of nitrogens with one attached hydrogen (secondary N) is 1. The molecule has 16 heavy (non-hydrogen) atoms. The molecule has 1 aliphatic heterocycles. The van der Waals surface area contributed by atoms with Crippen LogP contribution in [0.1, 0.15) is 17.9 Å². The van der Waals surface area contributed by atoms with Crippen molar-refractivity contribution in [2.75, 3.05) is 12.9 Å². The molecule has 1 heterocycles. The van der Waals surface area contributed by atoms with Gasteiger partial charge in [-0.15, -0.1) is 11.8 Å². The van der Waals surface area contributed by atoms with Crippen molar-refractivity contribution >= 4 is 17.5 Å². The maximum Gasteiger partial charge on any atom is 0.147 e. The van der Waals surface area contributed by atoms with Gasteiger partial charge in [-0.25, -0.2) is 0 Å². The molecule has 86 valence electrons. The second-order valence-corrected chi connectivity index (χ2v) is 4.95. The Hall–Kier alpha value is -1.00. The molecule has 4 heteroatoms. The molecule has 0 saturated carbocycles. The zero-order chi connectivity index (χ0) is 11.5. The van der Waals surface area contributed by atoms with Gasteiger partial charge in [-0.3, -0.25) is 10.1 Å². The number of rotatable bonds is 3. The number of ether oxygens (including phenoxy) is 1. The molecule has 0 spiro atoms. The first-order valence-corrected chi connectivity index (χ1v) is 6.27. The van der Waals surface area contributed by atoms with Crippen LogP contribution in [0.3, 0.4) is 0 Å². The van der Waals surface area contributed by atoms with Crippen LogP contribution in [0, 0.1) is 0 Å². The average molecular weight is 237 g/mol. The van der Waals surface area contributed by atoms with Gasteiger partial charge in [-0.1, -0.05) is 12.1 Å². The normalized spacial score (nSPS) is 24.4. The van der Waals surface area contributed by atoms with E-state index in [1.165, 1.54) is 5.56 Å². The zero-order valence-corrected chi connectivity index (χ0v) is 10.2. The van der Waals surface area contributed by atoms with Crippen LogP contribution in [0.4, 0.5) is 0 Å². The molecule has 0 amide bonds. The molecule has 2 rings (SSSR count). The van der Waals surface area contributed by atoms with Gasteiger partial charge in [0.25, 0.3) is 0 Å². The first-order valence-electron chi connectivity index (χ1n) is 5.23. The topological polar surface area (TPSA) is 38.3 Å². The first kappa shape index (κ1) is 11.5. The summed E-state index contributed by atoms with van der Waals surface area (Å²) >= 11 is 1.77. The van der Waals surface area contributed by atoms with Crippen molar-refractivity contribution in [3.05, 3.63) is 29.8 Å². The lowest BCUT2D eigenvalue weighted by Gasteiger charge is -2.12. The van der Waals surface area contributed by atoms with Crippen LogP contribution >= 0.6 is 11.8 Å². The number of methoxy groups -OCH3 is 1. The van der Waals surface area contributed by atoms with Crippen LogP contribution in [-0.2, 0) is 4.79 Å². The highest BCUT2D eigenvalue weighted by atomic mass is 32.2. The van der Waals surface area contributed by atoms with E-state index in [2.05, 4.69) is 5.32 Å². The van der Waals surface area contributed by atoms with E-state index in [1.54, 1.807) is 25.8 Å². The standard InChI is InChI=1S/C12H15NO2S/c1-8(14)11-7-16-12(13-11)9-3-5-10(15-2)6-4-9/h3-6,11-13H,7H2,1-2H3/t11-,12?/m0/s1. The Balaban J connectivity index is 2.05. The van der Waals surface area contributed by atoms with E-state index in [4.69, 9.17) is 4.74 Å². The van der Waals surface area contributed by atoms with Gasteiger partial charge in [-0.05, 0) is 24.6 Å². The van der Waals surface area contributed by atoms with Gasteiger partial charge in [0.2, 0.25) is 0 Å². The van der Waals surface area contributed by atoms with Crippen molar-refractivity contribution in [2.24, 2.45) is 0 Å². The maximum atomic E-state index is 11.2. The van der Waals surface area contributed by atoms with Crippen LogP contribution in [0.5, 0.6) is 5.75 Å². The Kier molecular flexibility index (Phi) is 3.51. The molecule has 0 radical (unpaired) electrons. The first-order chi connectivity index (χ1) is 7.70. The molecule has 1 saturated heterocycles. The second-order valence-electron chi connectivity index (χ2n) is 3.82. The van der Waals surface area contributed by atoms with E-state index >= 15 is 0 Å². The fourth-order valence-corrected chi connectivity index (χ4v) is 3.00. The van der Waals surface area contributed by atoms with Crippen LogP contribution < -0.4 is 10.1 Å². The molecule has 0 aliphatic carbocycles. The molecule has 1 fully saturated rings. The van der Waals surface area contributed by atoms with Crippen molar-refractivity contribution in [3.8, 4) is 5.75 Å². The molecule has 0 bridgehead atoms. The molecule has 1 aromatic rings. The van der Waals surface area contributed by atoms with E-state index in [1.807, 2.05) is 24.3 Å². The van der Waals surface area contributed by atoms with Crippen molar-refractivity contribution in [1.82, 2.24) is 5.32 Å².